The molecule has 0 saturated heterocycles. The van der Waals surface area contributed by atoms with Crippen LogP contribution in [0, 0.1) is 5.92 Å². The lowest BCUT2D eigenvalue weighted by Gasteiger charge is -2.06. The van der Waals surface area contributed by atoms with E-state index in [-0.39, 0.29) is 24.2 Å². The number of carbonyl (C=O) groups excluding carboxylic acids is 2. The van der Waals surface area contributed by atoms with Gasteiger partial charge in [-0.15, -0.1) is 0 Å². The standard InChI is InChI=1S/C14H15BrN4O2/c1-9-11(14(21)19-17-9)6-7-13(20)18-16-8-10-4-2-3-5-12(10)15/h2-5,8,11H,6-7H2,1H3,(H,18,20)(H,19,21)/b16-8-. The van der Waals surface area contributed by atoms with Crippen LogP contribution in [0.15, 0.2) is 38.9 Å². The molecule has 1 aromatic rings. The Bertz CT molecular complexity index is 613. The van der Waals surface area contributed by atoms with Gasteiger partial charge in [0.15, 0.2) is 0 Å². The van der Waals surface area contributed by atoms with Crippen molar-refractivity contribution >= 4 is 39.7 Å². The van der Waals surface area contributed by atoms with Gasteiger partial charge in [0, 0.05) is 22.2 Å². The number of amides is 2. The minimum absolute atomic E-state index is 0.156. The summed E-state index contributed by atoms with van der Waals surface area (Å²) in [5, 5.41) is 7.74. The zero-order valence-corrected chi connectivity index (χ0v) is 13.1. The summed E-state index contributed by atoms with van der Waals surface area (Å²) < 4.78 is 0.900. The van der Waals surface area contributed by atoms with Gasteiger partial charge in [-0.05, 0) is 19.4 Å². The third-order valence-electron chi connectivity index (χ3n) is 3.12. The molecule has 1 aliphatic rings. The normalized spacial score (nSPS) is 17.7. The van der Waals surface area contributed by atoms with Gasteiger partial charge in [-0.2, -0.15) is 10.2 Å². The predicted octanol–water partition coefficient (Wildman–Crippen LogP) is 1.80. The van der Waals surface area contributed by atoms with Crippen molar-refractivity contribution in [1.82, 2.24) is 10.9 Å². The van der Waals surface area contributed by atoms with Gasteiger partial charge in [0.2, 0.25) is 11.8 Å². The van der Waals surface area contributed by atoms with Crippen LogP contribution in [0.3, 0.4) is 0 Å². The highest BCUT2D eigenvalue weighted by Gasteiger charge is 2.26. The largest absolute Gasteiger partial charge is 0.273 e. The van der Waals surface area contributed by atoms with Gasteiger partial charge >= 0.3 is 0 Å². The molecule has 110 valence electrons. The molecule has 0 fully saturated rings. The lowest BCUT2D eigenvalue weighted by atomic mass is 9.99. The quantitative estimate of drug-likeness (QED) is 0.626. The molecular weight excluding hydrogens is 336 g/mol. The number of carbonyl (C=O) groups is 2. The van der Waals surface area contributed by atoms with Gasteiger partial charge in [-0.25, -0.2) is 10.9 Å². The summed E-state index contributed by atoms with van der Waals surface area (Å²) in [6, 6.07) is 7.55. The molecule has 1 heterocycles. The Morgan fingerprint density at radius 1 is 1.52 bits per heavy atom. The molecule has 1 unspecified atom stereocenters. The molecular formula is C14H15BrN4O2. The zero-order valence-electron chi connectivity index (χ0n) is 11.5. The molecule has 2 rings (SSSR count). The highest BCUT2D eigenvalue weighted by atomic mass is 79.9. The summed E-state index contributed by atoms with van der Waals surface area (Å²) >= 11 is 3.39. The first-order valence-electron chi connectivity index (χ1n) is 6.48. The second-order valence-corrected chi connectivity index (χ2v) is 5.49. The summed E-state index contributed by atoms with van der Waals surface area (Å²) in [5.74, 6) is -0.703. The number of hydrogen-bond donors (Lipinski definition) is 2. The first-order valence-corrected chi connectivity index (χ1v) is 7.27. The van der Waals surface area contributed by atoms with Crippen LogP contribution < -0.4 is 10.9 Å². The van der Waals surface area contributed by atoms with E-state index >= 15 is 0 Å². The fraction of sp³-hybridized carbons (Fsp3) is 0.286. The molecule has 0 aliphatic carbocycles. The van der Waals surface area contributed by atoms with Gasteiger partial charge < -0.3 is 0 Å². The predicted molar refractivity (Wildman–Crippen MR) is 83.9 cm³/mol. The van der Waals surface area contributed by atoms with Crippen molar-refractivity contribution in [2.24, 2.45) is 16.1 Å². The number of nitrogens with one attached hydrogen (secondary N) is 2. The molecule has 1 atom stereocenters. The summed E-state index contributed by atoms with van der Waals surface area (Å²) in [5.41, 5.74) is 6.43. The number of rotatable bonds is 5. The maximum absolute atomic E-state index is 11.7. The van der Waals surface area contributed by atoms with Crippen molar-refractivity contribution < 1.29 is 9.59 Å². The number of halogens is 1. The molecule has 2 amide bonds. The van der Waals surface area contributed by atoms with Crippen LogP contribution in [-0.2, 0) is 9.59 Å². The highest BCUT2D eigenvalue weighted by Crippen LogP contribution is 2.14. The Morgan fingerprint density at radius 3 is 2.95 bits per heavy atom. The van der Waals surface area contributed by atoms with Crippen LogP contribution in [0.2, 0.25) is 0 Å². The fourth-order valence-electron chi connectivity index (χ4n) is 1.91. The second-order valence-electron chi connectivity index (χ2n) is 4.64. The number of benzene rings is 1. The van der Waals surface area contributed by atoms with Crippen LogP contribution in [-0.4, -0.2) is 23.7 Å². The van der Waals surface area contributed by atoms with Gasteiger partial charge in [-0.1, -0.05) is 34.1 Å². The molecule has 7 heteroatoms. The SMILES string of the molecule is CC1=NNC(=O)C1CCC(=O)N/N=C\c1ccccc1Br. The molecule has 0 bridgehead atoms. The molecule has 1 aromatic carbocycles. The molecule has 6 nitrogen and oxygen atoms in total. The van der Waals surface area contributed by atoms with E-state index in [2.05, 4.69) is 37.0 Å². The monoisotopic (exact) mass is 350 g/mol. The van der Waals surface area contributed by atoms with Crippen LogP contribution in [0.5, 0.6) is 0 Å². The van der Waals surface area contributed by atoms with E-state index in [0.29, 0.717) is 12.1 Å². The third-order valence-corrected chi connectivity index (χ3v) is 3.84. The molecule has 2 N–H and O–H groups in total. The van der Waals surface area contributed by atoms with Crippen LogP contribution in [0.25, 0.3) is 0 Å². The van der Waals surface area contributed by atoms with E-state index in [0.717, 1.165) is 10.0 Å². The Morgan fingerprint density at radius 2 is 2.29 bits per heavy atom. The second kappa shape index (κ2) is 7.12. The summed E-state index contributed by atoms with van der Waals surface area (Å²) in [4.78, 5) is 23.1. The Labute approximate surface area is 130 Å². The smallest absolute Gasteiger partial charge is 0.248 e. The van der Waals surface area contributed by atoms with E-state index in [1.165, 1.54) is 0 Å². The van der Waals surface area contributed by atoms with E-state index < -0.39 is 0 Å². The number of hydrazone groups is 2. The topological polar surface area (TPSA) is 82.9 Å². The lowest BCUT2D eigenvalue weighted by molar-refractivity contribution is -0.123. The highest BCUT2D eigenvalue weighted by molar-refractivity contribution is 9.10. The van der Waals surface area contributed by atoms with E-state index in [1.807, 2.05) is 24.3 Å². The summed E-state index contributed by atoms with van der Waals surface area (Å²) in [6.07, 6.45) is 2.22. The zero-order chi connectivity index (χ0) is 15.2. The van der Waals surface area contributed by atoms with Crippen molar-refractivity contribution in [2.45, 2.75) is 19.8 Å². The summed E-state index contributed by atoms with van der Waals surface area (Å²) in [7, 11) is 0. The molecule has 21 heavy (non-hydrogen) atoms. The van der Waals surface area contributed by atoms with Crippen LogP contribution in [0.4, 0.5) is 0 Å². The van der Waals surface area contributed by atoms with Crippen molar-refractivity contribution in [3.05, 3.63) is 34.3 Å². The first kappa shape index (κ1) is 15.4. The minimum atomic E-state index is -0.317. The maximum Gasteiger partial charge on any atom is 0.248 e. The van der Waals surface area contributed by atoms with Crippen molar-refractivity contribution in [3.63, 3.8) is 0 Å². The van der Waals surface area contributed by atoms with E-state index in [1.54, 1.807) is 13.1 Å². The Balaban J connectivity index is 1.79. The molecule has 0 aromatic heterocycles. The van der Waals surface area contributed by atoms with Gasteiger partial charge in [0.25, 0.3) is 0 Å². The van der Waals surface area contributed by atoms with Crippen molar-refractivity contribution in [1.29, 1.82) is 0 Å². The average Bonchev–Trinajstić information content (AvgIpc) is 2.78. The first-order chi connectivity index (χ1) is 10.1. The van der Waals surface area contributed by atoms with Crippen LogP contribution in [0.1, 0.15) is 25.3 Å². The lowest BCUT2D eigenvalue weighted by Crippen LogP contribution is -2.25. The molecule has 0 saturated carbocycles. The number of hydrogen-bond acceptors (Lipinski definition) is 4. The molecule has 0 radical (unpaired) electrons. The maximum atomic E-state index is 11.7. The number of nitrogens with zero attached hydrogens (tertiary/aromatic N) is 2. The Kier molecular flexibility index (Phi) is 5.21. The van der Waals surface area contributed by atoms with Crippen LogP contribution >= 0.6 is 15.9 Å². The van der Waals surface area contributed by atoms with Gasteiger partial charge in [-0.3, -0.25) is 9.59 Å². The van der Waals surface area contributed by atoms with E-state index in [9.17, 15) is 9.59 Å². The fourth-order valence-corrected chi connectivity index (χ4v) is 2.30. The Hall–Kier alpha value is -2.02. The van der Waals surface area contributed by atoms with Crippen molar-refractivity contribution in [3.8, 4) is 0 Å². The van der Waals surface area contributed by atoms with Gasteiger partial charge in [0.1, 0.15) is 0 Å². The van der Waals surface area contributed by atoms with Gasteiger partial charge in [0.05, 0.1) is 12.1 Å². The summed E-state index contributed by atoms with van der Waals surface area (Å²) in [6.45, 7) is 1.77. The minimum Gasteiger partial charge on any atom is -0.273 e. The average molecular weight is 351 g/mol. The third kappa shape index (κ3) is 4.22. The molecule has 0 spiro atoms. The van der Waals surface area contributed by atoms with E-state index in [4.69, 9.17) is 0 Å². The molecule has 1 aliphatic heterocycles. The van der Waals surface area contributed by atoms with Crippen molar-refractivity contribution in [2.75, 3.05) is 0 Å².